The Bertz CT molecular complexity index is 749. The van der Waals surface area contributed by atoms with Crippen molar-refractivity contribution in [2.24, 2.45) is 5.73 Å². The summed E-state index contributed by atoms with van der Waals surface area (Å²) < 4.78 is 5.35. The summed E-state index contributed by atoms with van der Waals surface area (Å²) in [4.78, 5) is 13.4. The van der Waals surface area contributed by atoms with Crippen LogP contribution in [0.5, 0.6) is 0 Å². The molecule has 1 unspecified atom stereocenters. The van der Waals surface area contributed by atoms with Gasteiger partial charge in [-0.05, 0) is 12.1 Å². The van der Waals surface area contributed by atoms with Crippen LogP contribution in [0.2, 0.25) is 0 Å². The van der Waals surface area contributed by atoms with Crippen LogP contribution < -0.4 is 5.73 Å². The summed E-state index contributed by atoms with van der Waals surface area (Å²) in [5.41, 5.74) is 6.51. The second kappa shape index (κ2) is 5.04. The van der Waals surface area contributed by atoms with Gasteiger partial charge in [0, 0.05) is 12.2 Å². The highest BCUT2D eigenvalue weighted by molar-refractivity contribution is 8.03. The highest BCUT2D eigenvalue weighted by Gasteiger charge is 2.41. The predicted octanol–water partition coefficient (Wildman–Crippen LogP) is 1.77. The van der Waals surface area contributed by atoms with Crippen LogP contribution in [0, 0.1) is 22.7 Å². The van der Waals surface area contributed by atoms with Gasteiger partial charge in [0.1, 0.15) is 11.6 Å². The number of rotatable bonds is 1. The van der Waals surface area contributed by atoms with E-state index in [1.807, 2.05) is 6.07 Å². The molecule has 2 N–H and O–H groups in total. The van der Waals surface area contributed by atoms with E-state index in [9.17, 15) is 15.3 Å². The van der Waals surface area contributed by atoms with E-state index >= 15 is 0 Å². The molecule has 2 aliphatic rings. The fraction of sp³-hybridized carbons (Fsp3) is 0.214. The highest BCUT2D eigenvalue weighted by atomic mass is 32.2. The van der Waals surface area contributed by atoms with Gasteiger partial charge in [-0.1, -0.05) is 0 Å². The molecule has 3 rings (SSSR count). The molecule has 0 spiro atoms. The van der Waals surface area contributed by atoms with E-state index in [-0.39, 0.29) is 17.3 Å². The molecule has 21 heavy (non-hydrogen) atoms. The van der Waals surface area contributed by atoms with E-state index in [2.05, 4.69) is 6.07 Å². The Hall–Kier alpha value is -2.64. The van der Waals surface area contributed by atoms with Gasteiger partial charge >= 0.3 is 0 Å². The number of amides is 1. The van der Waals surface area contributed by atoms with Crippen LogP contribution in [-0.2, 0) is 4.79 Å². The number of allylic oxidation sites excluding steroid dienone is 2. The van der Waals surface area contributed by atoms with Gasteiger partial charge in [-0.2, -0.15) is 10.5 Å². The summed E-state index contributed by atoms with van der Waals surface area (Å²) in [5.74, 6) is 0.303. The number of hydrogen-bond acceptors (Lipinski definition) is 6. The Morgan fingerprint density at radius 1 is 1.38 bits per heavy atom. The van der Waals surface area contributed by atoms with E-state index in [0.717, 1.165) is 0 Å². The minimum Gasteiger partial charge on any atom is -0.468 e. The van der Waals surface area contributed by atoms with Crippen molar-refractivity contribution in [2.75, 3.05) is 5.75 Å². The number of carbonyl (C=O) groups is 1. The van der Waals surface area contributed by atoms with Crippen molar-refractivity contribution in [1.82, 2.24) is 4.90 Å². The second-order valence-corrected chi connectivity index (χ2v) is 5.60. The molecule has 1 amide bonds. The lowest BCUT2D eigenvalue weighted by molar-refractivity contribution is -0.127. The number of nitrogens with zero attached hydrogens (tertiary/aromatic N) is 3. The lowest BCUT2D eigenvalue weighted by atomic mass is 9.87. The predicted molar refractivity (Wildman–Crippen MR) is 74.8 cm³/mol. The van der Waals surface area contributed by atoms with Gasteiger partial charge in [0.2, 0.25) is 5.91 Å². The number of nitrogens with two attached hydrogens (primary N) is 1. The van der Waals surface area contributed by atoms with Crippen LogP contribution in [0.4, 0.5) is 0 Å². The maximum absolute atomic E-state index is 12.1. The zero-order chi connectivity index (χ0) is 15.0. The Balaban J connectivity index is 2.25. The van der Waals surface area contributed by atoms with Crippen molar-refractivity contribution in [3.63, 3.8) is 0 Å². The number of carbonyl (C=O) groups excluding carboxylic acids is 1. The minimum absolute atomic E-state index is 0.0881. The van der Waals surface area contributed by atoms with E-state index in [1.165, 1.54) is 22.9 Å². The van der Waals surface area contributed by atoms with E-state index in [0.29, 0.717) is 28.5 Å². The largest absolute Gasteiger partial charge is 0.468 e. The number of hydrogen-bond donors (Lipinski definition) is 1. The normalized spacial score (nSPS) is 21.9. The molecular weight excluding hydrogens is 288 g/mol. The van der Waals surface area contributed by atoms with Gasteiger partial charge in [-0.25, -0.2) is 0 Å². The number of furan rings is 1. The number of fused-ring (bicyclic) bond motifs is 1. The van der Waals surface area contributed by atoms with Crippen molar-refractivity contribution in [1.29, 1.82) is 10.5 Å². The van der Waals surface area contributed by atoms with Gasteiger partial charge in [0.05, 0.1) is 40.5 Å². The van der Waals surface area contributed by atoms with Crippen molar-refractivity contribution in [2.45, 2.75) is 12.3 Å². The Kier molecular flexibility index (Phi) is 3.20. The molecule has 0 aromatic carbocycles. The third kappa shape index (κ3) is 1.91. The summed E-state index contributed by atoms with van der Waals surface area (Å²) >= 11 is 1.40. The summed E-state index contributed by atoms with van der Waals surface area (Å²) in [6.07, 6.45) is 1.81. The lowest BCUT2D eigenvalue weighted by Crippen LogP contribution is -2.40. The molecule has 104 valence electrons. The zero-order valence-electron chi connectivity index (χ0n) is 10.9. The molecule has 0 radical (unpaired) electrons. The molecule has 1 aromatic heterocycles. The van der Waals surface area contributed by atoms with Crippen molar-refractivity contribution in [3.05, 3.63) is 46.2 Å². The van der Waals surface area contributed by atoms with Gasteiger partial charge in [-0.3, -0.25) is 9.69 Å². The Morgan fingerprint density at radius 3 is 2.76 bits per heavy atom. The molecular formula is C14H10N4O2S. The van der Waals surface area contributed by atoms with Crippen molar-refractivity contribution < 1.29 is 9.21 Å². The number of thioether (sulfide) groups is 1. The molecule has 3 heterocycles. The first kappa shape index (κ1) is 13.3. The maximum atomic E-state index is 12.1. The molecule has 1 fully saturated rings. The molecule has 7 heteroatoms. The smallest absolute Gasteiger partial charge is 0.233 e. The van der Waals surface area contributed by atoms with Gasteiger partial charge in [0.25, 0.3) is 0 Å². The van der Waals surface area contributed by atoms with Gasteiger partial charge in [-0.15, -0.1) is 11.8 Å². The molecule has 6 nitrogen and oxygen atoms in total. The second-order valence-electron chi connectivity index (χ2n) is 4.52. The van der Waals surface area contributed by atoms with E-state index < -0.39 is 5.92 Å². The first-order valence-corrected chi connectivity index (χ1v) is 7.20. The van der Waals surface area contributed by atoms with Crippen LogP contribution in [-0.4, -0.2) is 16.6 Å². The first-order valence-electron chi connectivity index (χ1n) is 6.22. The van der Waals surface area contributed by atoms with Gasteiger partial charge in [0.15, 0.2) is 0 Å². The Labute approximate surface area is 125 Å². The quantitative estimate of drug-likeness (QED) is 0.846. The zero-order valence-corrected chi connectivity index (χ0v) is 11.7. The molecule has 1 atom stereocenters. The summed E-state index contributed by atoms with van der Waals surface area (Å²) in [5, 5.41) is 19.4. The maximum Gasteiger partial charge on any atom is 0.233 e. The van der Waals surface area contributed by atoms with Crippen LogP contribution in [0.1, 0.15) is 18.1 Å². The van der Waals surface area contributed by atoms with E-state index in [4.69, 9.17) is 10.2 Å². The third-order valence-corrected chi connectivity index (χ3v) is 4.48. The first-order chi connectivity index (χ1) is 10.2. The molecule has 1 saturated heterocycles. The molecule has 0 saturated carbocycles. The van der Waals surface area contributed by atoms with Crippen LogP contribution in [0.3, 0.4) is 0 Å². The van der Waals surface area contributed by atoms with Crippen molar-refractivity contribution >= 4 is 17.7 Å². The summed E-state index contributed by atoms with van der Waals surface area (Å²) in [6.45, 7) is 0. The Morgan fingerprint density at radius 2 is 2.14 bits per heavy atom. The van der Waals surface area contributed by atoms with Crippen LogP contribution in [0.25, 0.3) is 0 Å². The van der Waals surface area contributed by atoms with Gasteiger partial charge < -0.3 is 10.2 Å². The summed E-state index contributed by atoms with van der Waals surface area (Å²) in [6, 6.07) is 7.51. The monoisotopic (exact) mass is 298 g/mol. The molecule has 2 aliphatic heterocycles. The topological polar surface area (TPSA) is 107 Å². The third-order valence-electron chi connectivity index (χ3n) is 3.40. The van der Waals surface area contributed by atoms with Crippen LogP contribution >= 0.6 is 11.8 Å². The fourth-order valence-corrected chi connectivity index (χ4v) is 3.60. The average molecular weight is 298 g/mol. The van der Waals surface area contributed by atoms with E-state index in [1.54, 1.807) is 12.1 Å². The highest BCUT2D eigenvalue weighted by Crippen LogP contribution is 2.45. The minimum atomic E-state index is -0.653. The lowest BCUT2D eigenvalue weighted by Gasteiger charge is -2.35. The molecule has 1 aromatic rings. The van der Waals surface area contributed by atoms with Crippen molar-refractivity contribution in [3.8, 4) is 12.1 Å². The fourth-order valence-electron chi connectivity index (χ4n) is 2.48. The standard InChI is InChI=1S/C14H10N4O2S/c15-6-8-12(10-2-1-4-20-10)9(7-16)14-18(13(8)17)11(19)3-5-21-14/h1-2,4,12H,3,5,17H2. The molecule has 0 bridgehead atoms. The average Bonchev–Trinajstić information content (AvgIpc) is 3.00. The van der Waals surface area contributed by atoms with Crippen LogP contribution in [0.15, 0.2) is 44.8 Å². The molecule has 0 aliphatic carbocycles. The SMILES string of the molecule is N#CC1=C(N)N2C(=O)CCSC2=C(C#N)C1c1ccco1. The number of nitriles is 2. The summed E-state index contributed by atoms with van der Waals surface area (Å²) in [7, 11) is 0.